The first-order valence-electron chi connectivity index (χ1n) is 6.18. The smallest absolute Gasteiger partial charge is 0.357 e. The van der Waals surface area contributed by atoms with Crippen molar-refractivity contribution in [2.75, 3.05) is 20.1 Å². The Balaban J connectivity index is 1.96. The first-order chi connectivity index (χ1) is 9.74. The quantitative estimate of drug-likeness (QED) is 0.860. The number of H-pyrrole nitrogens is 1. The third-order valence-electron chi connectivity index (χ3n) is 3.46. The van der Waals surface area contributed by atoms with Gasteiger partial charge in [-0.3, -0.25) is 9.59 Å². The summed E-state index contributed by atoms with van der Waals surface area (Å²) in [5, 5.41) is 0. The van der Waals surface area contributed by atoms with Gasteiger partial charge in [-0.1, -0.05) is 6.58 Å². The van der Waals surface area contributed by atoms with Crippen LogP contribution >= 0.6 is 0 Å². The van der Waals surface area contributed by atoms with E-state index in [9.17, 15) is 22.8 Å². The number of nitrogens with zero attached hydrogens (tertiary/aromatic N) is 2. The van der Waals surface area contributed by atoms with Gasteiger partial charge in [0.1, 0.15) is 5.69 Å². The Hall–Kier alpha value is -2.25. The number of amides is 2. The Kier molecular flexibility index (Phi) is 3.80. The SMILES string of the molecule is C=CC(=O)N(C)C1CN(C(=O)c2cc(C(F)(F)F)c[nH]2)C1. The molecule has 2 heterocycles. The van der Waals surface area contributed by atoms with Crippen LogP contribution in [0.1, 0.15) is 16.1 Å². The lowest BCUT2D eigenvalue weighted by Crippen LogP contribution is -2.61. The number of nitrogens with one attached hydrogen (secondary N) is 1. The molecule has 5 nitrogen and oxygen atoms in total. The van der Waals surface area contributed by atoms with Crippen molar-refractivity contribution in [2.24, 2.45) is 0 Å². The number of hydrogen-bond donors (Lipinski definition) is 1. The maximum absolute atomic E-state index is 12.5. The highest BCUT2D eigenvalue weighted by Crippen LogP contribution is 2.30. The number of hydrogen-bond acceptors (Lipinski definition) is 2. The Bertz CT molecular complexity index is 573. The molecule has 0 atom stereocenters. The molecule has 0 bridgehead atoms. The molecule has 1 saturated heterocycles. The average molecular weight is 301 g/mol. The van der Waals surface area contributed by atoms with Crippen LogP contribution in [0, 0.1) is 0 Å². The van der Waals surface area contributed by atoms with Crippen molar-refractivity contribution in [1.29, 1.82) is 0 Å². The average Bonchev–Trinajstić information content (AvgIpc) is 2.84. The number of likely N-dealkylation sites (tertiary alicyclic amines) is 1. The summed E-state index contributed by atoms with van der Waals surface area (Å²) in [7, 11) is 1.59. The van der Waals surface area contributed by atoms with E-state index in [2.05, 4.69) is 11.6 Å². The number of halogens is 3. The second-order valence-corrected chi connectivity index (χ2v) is 4.82. The summed E-state index contributed by atoms with van der Waals surface area (Å²) in [6, 6.07) is 0.644. The first kappa shape index (κ1) is 15.1. The van der Waals surface area contributed by atoms with Crippen LogP contribution < -0.4 is 0 Å². The van der Waals surface area contributed by atoms with Crippen molar-refractivity contribution in [2.45, 2.75) is 12.2 Å². The van der Waals surface area contributed by atoms with E-state index >= 15 is 0 Å². The highest BCUT2D eigenvalue weighted by Gasteiger charge is 2.37. The fraction of sp³-hybridized carbons (Fsp3) is 0.385. The van der Waals surface area contributed by atoms with Crippen LogP contribution in [0.3, 0.4) is 0 Å². The molecule has 0 unspecified atom stereocenters. The van der Waals surface area contributed by atoms with Gasteiger partial charge in [0, 0.05) is 26.3 Å². The third-order valence-corrected chi connectivity index (χ3v) is 3.46. The van der Waals surface area contributed by atoms with E-state index in [1.165, 1.54) is 15.9 Å². The van der Waals surface area contributed by atoms with Crippen LogP contribution in [0.25, 0.3) is 0 Å². The number of carbonyl (C=O) groups is 2. The largest absolute Gasteiger partial charge is 0.417 e. The van der Waals surface area contributed by atoms with Crippen molar-refractivity contribution in [3.63, 3.8) is 0 Å². The summed E-state index contributed by atoms with van der Waals surface area (Å²) in [5.41, 5.74) is -1.000. The van der Waals surface area contributed by atoms with Gasteiger partial charge in [0.2, 0.25) is 5.91 Å². The van der Waals surface area contributed by atoms with Gasteiger partial charge >= 0.3 is 6.18 Å². The molecule has 0 saturated carbocycles. The molecular formula is C13H14F3N3O2. The Morgan fingerprint density at radius 2 is 2.10 bits per heavy atom. The van der Waals surface area contributed by atoms with Crippen LogP contribution in [-0.4, -0.2) is 52.8 Å². The van der Waals surface area contributed by atoms with Crippen molar-refractivity contribution in [3.8, 4) is 0 Å². The molecule has 0 spiro atoms. The van der Waals surface area contributed by atoms with Gasteiger partial charge in [-0.2, -0.15) is 13.2 Å². The first-order valence-corrected chi connectivity index (χ1v) is 6.18. The Morgan fingerprint density at radius 3 is 2.57 bits per heavy atom. The monoisotopic (exact) mass is 301 g/mol. The van der Waals surface area contributed by atoms with Gasteiger partial charge < -0.3 is 14.8 Å². The lowest BCUT2D eigenvalue weighted by molar-refractivity contribution is -0.137. The predicted octanol–water partition coefficient (Wildman–Crippen LogP) is 1.50. The topological polar surface area (TPSA) is 56.4 Å². The molecule has 0 radical (unpaired) electrons. The molecule has 114 valence electrons. The summed E-state index contributed by atoms with van der Waals surface area (Å²) in [6.07, 6.45) is -2.55. The van der Waals surface area contributed by atoms with E-state index in [0.717, 1.165) is 12.3 Å². The molecule has 0 aliphatic carbocycles. The zero-order chi connectivity index (χ0) is 15.8. The number of carbonyl (C=O) groups excluding carboxylic acids is 2. The van der Waals surface area contributed by atoms with Crippen LogP contribution in [0.4, 0.5) is 13.2 Å². The Morgan fingerprint density at radius 1 is 1.48 bits per heavy atom. The molecule has 2 rings (SSSR count). The highest BCUT2D eigenvalue weighted by molar-refractivity contribution is 5.93. The van der Waals surface area contributed by atoms with Gasteiger partial charge in [-0.25, -0.2) is 0 Å². The second-order valence-electron chi connectivity index (χ2n) is 4.82. The molecule has 1 aliphatic heterocycles. The van der Waals surface area contributed by atoms with E-state index in [4.69, 9.17) is 0 Å². The maximum atomic E-state index is 12.5. The third kappa shape index (κ3) is 2.93. The standard InChI is InChI=1S/C13H14F3N3O2/c1-3-11(20)18(2)9-6-19(7-9)12(21)10-4-8(5-17-10)13(14,15)16/h3-5,9,17H,1,6-7H2,2H3. The molecule has 1 fully saturated rings. The molecule has 0 aromatic carbocycles. The second kappa shape index (κ2) is 5.27. The zero-order valence-electron chi connectivity index (χ0n) is 11.3. The fourth-order valence-electron chi connectivity index (χ4n) is 2.04. The van der Waals surface area contributed by atoms with Crippen molar-refractivity contribution in [1.82, 2.24) is 14.8 Å². The number of likely N-dealkylation sites (N-methyl/N-ethyl adjacent to an activating group) is 1. The van der Waals surface area contributed by atoms with E-state index in [0.29, 0.717) is 0 Å². The number of alkyl halides is 3. The van der Waals surface area contributed by atoms with E-state index < -0.39 is 17.6 Å². The van der Waals surface area contributed by atoms with Gasteiger partial charge in [0.05, 0.1) is 11.6 Å². The van der Waals surface area contributed by atoms with Gasteiger partial charge in [-0.15, -0.1) is 0 Å². The molecule has 2 amide bonds. The van der Waals surface area contributed by atoms with Crippen molar-refractivity contribution < 1.29 is 22.8 Å². The van der Waals surface area contributed by atoms with Crippen LogP contribution in [0.15, 0.2) is 24.9 Å². The Labute approximate surface area is 119 Å². The lowest BCUT2D eigenvalue weighted by atomic mass is 10.1. The van der Waals surface area contributed by atoms with Gasteiger partial charge in [0.25, 0.3) is 5.91 Å². The van der Waals surface area contributed by atoms with Crippen LogP contribution in [0.5, 0.6) is 0 Å². The van der Waals surface area contributed by atoms with Gasteiger partial charge in [0.15, 0.2) is 0 Å². The molecule has 1 aromatic heterocycles. The molecule has 8 heteroatoms. The van der Waals surface area contributed by atoms with E-state index in [1.54, 1.807) is 7.05 Å². The summed E-state index contributed by atoms with van der Waals surface area (Å²) in [5.74, 6) is -0.771. The number of rotatable bonds is 3. The summed E-state index contributed by atoms with van der Waals surface area (Å²) >= 11 is 0. The minimum absolute atomic E-state index is 0.113. The molecule has 1 aromatic rings. The summed E-state index contributed by atoms with van der Waals surface area (Å²) in [4.78, 5) is 28.5. The number of aromatic amines is 1. The lowest BCUT2D eigenvalue weighted by Gasteiger charge is -2.43. The molecule has 21 heavy (non-hydrogen) atoms. The van der Waals surface area contributed by atoms with E-state index in [1.807, 2.05) is 0 Å². The van der Waals surface area contributed by atoms with Crippen molar-refractivity contribution in [3.05, 3.63) is 36.2 Å². The van der Waals surface area contributed by atoms with Crippen LogP contribution in [-0.2, 0) is 11.0 Å². The van der Waals surface area contributed by atoms with E-state index in [-0.39, 0.29) is 30.7 Å². The minimum atomic E-state index is -4.48. The predicted molar refractivity (Wildman–Crippen MR) is 68.5 cm³/mol. The summed E-state index contributed by atoms with van der Waals surface area (Å²) < 4.78 is 37.4. The maximum Gasteiger partial charge on any atom is 0.417 e. The molecular weight excluding hydrogens is 287 g/mol. The normalized spacial score (nSPS) is 15.5. The molecule has 1 aliphatic rings. The van der Waals surface area contributed by atoms with Crippen LogP contribution in [0.2, 0.25) is 0 Å². The minimum Gasteiger partial charge on any atom is -0.357 e. The van der Waals surface area contributed by atoms with Gasteiger partial charge in [-0.05, 0) is 12.1 Å². The highest BCUT2D eigenvalue weighted by atomic mass is 19.4. The zero-order valence-corrected chi connectivity index (χ0v) is 11.3. The summed E-state index contributed by atoms with van der Waals surface area (Å²) in [6.45, 7) is 3.94. The molecule has 1 N–H and O–H groups in total. The van der Waals surface area contributed by atoms with Crippen molar-refractivity contribution >= 4 is 11.8 Å². The number of aromatic nitrogens is 1. The fourth-order valence-corrected chi connectivity index (χ4v) is 2.04.